The van der Waals surface area contributed by atoms with Gasteiger partial charge in [0.2, 0.25) is 0 Å². The minimum Gasteiger partial charge on any atom is -0.496 e. The predicted molar refractivity (Wildman–Crippen MR) is 80.9 cm³/mol. The zero-order chi connectivity index (χ0) is 15.1. The maximum Gasteiger partial charge on any atom is 0.259 e. The lowest BCUT2D eigenvalue weighted by Gasteiger charge is -2.11. The molecule has 3 heterocycles. The Morgan fingerprint density at radius 1 is 1.23 bits per heavy atom. The number of rotatable bonds is 2. The number of pyridine rings is 1. The third-order valence-corrected chi connectivity index (χ3v) is 3.50. The molecule has 3 aromatic heterocycles. The molecule has 0 aliphatic heterocycles. The lowest BCUT2D eigenvalue weighted by molar-refractivity contribution is 0.416. The van der Waals surface area contributed by atoms with Gasteiger partial charge in [-0.15, -0.1) is 0 Å². The molecule has 0 aliphatic rings. The first-order valence-electron chi connectivity index (χ1n) is 6.64. The Labute approximate surface area is 124 Å². The third kappa shape index (κ3) is 1.69. The Balaban J connectivity index is 2.27. The van der Waals surface area contributed by atoms with Gasteiger partial charge in [0.15, 0.2) is 0 Å². The molecule has 4 rings (SSSR count). The summed E-state index contributed by atoms with van der Waals surface area (Å²) in [5.74, 6) is 1.08. The van der Waals surface area contributed by atoms with E-state index >= 15 is 0 Å². The van der Waals surface area contributed by atoms with Gasteiger partial charge in [-0.25, -0.2) is 4.98 Å². The van der Waals surface area contributed by atoms with Crippen LogP contribution < -0.4 is 10.3 Å². The maximum absolute atomic E-state index is 12.3. The summed E-state index contributed by atoms with van der Waals surface area (Å²) in [6, 6.07) is 9.20. The number of hydrogen-bond donors (Lipinski definition) is 1. The minimum absolute atomic E-state index is 0.233. The van der Waals surface area contributed by atoms with Crippen molar-refractivity contribution in [2.75, 3.05) is 7.11 Å². The summed E-state index contributed by atoms with van der Waals surface area (Å²) in [4.78, 5) is 23.5. The van der Waals surface area contributed by atoms with Crippen LogP contribution in [0, 0.1) is 0 Å². The molecule has 0 fully saturated rings. The molecule has 0 saturated carbocycles. The van der Waals surface area contributed by atoms with Crippen molar-refractivity contribution < 1.29 is 4.74 Å². The first kappa shape index (κ1) is 12.5. The highest BCUT2D eigenvalue weighted by Gasteiger charge is 2.18. The van der Waals surface area contributed by atoms with Crippen LogP contribution in [0.5, 0.6) is 5.75 Å². The normalized spacial score (nSPS) is 11.1. The molecule has 1 N–H and O–H groups in total. The Morgan fingerprint density at radius 2 is 2.09 bits per heavy atom. The van der Waals surface area contributed by atoms with Gasteiger partial charge in [-0.1, -0.05) is 12.1 Å². The summed E-state index contributed by atoms with van der Waals surface area (Å²) in [6.45, 7) is 0. The largest absolute Gasteiger partial charge is 0.496 e. The van der Waals surface area contributed by atoms with Crippen molar-refractivity contribution in [2.24, 2.45) is 0 Å². The van der Waals surface area contributed by atoms with E-state index in [0.717, 1.165) is 5.56 Å². The highest BCUT2D eigenvalue weighted by Crippen LogP contribution is 2.32. The number of aromatic nitrogens is 5. The molecule has 0 bridgehead atoms. The van der Waals surface area contributed by atoms with E-state index in [1.165, 1.54) is 6.33 Å². The van der Waals surface area contributed by atoms with Gasteiger partial charge in [-0.3, -0.25) is 4.79 Å². The van der Waals surface area contributed by atoms with Crippen LogP contribution in [0.1, 0.15) is 0 Å². The van der Waals surface area contributed by atoms with Crippen LogP contribution in [-0.4, -0.2) is 31.7 Å². The van der Waals surface area contributed by atoms with Crippen molar-refractivity contribution in [1.29, 1.82) is 0 Å². The highest BCUT2D eigenvalue weighted by molar-refractivity contribution is 5.94. The summed E-state index contributed by atoms with van der Waals surface area (Å²) in [6.07, 6.45) is 2.98. The number of aromatic amines is 1. The topological polar surface area (TPSA) is 85.2 Å². The molecule has 0 aliphatic carbocycles. The summed E-state index contributed by atoms with van der Waals surface area (Å²) in [5, 5.41) is 4.65. The van der Waals surface area contributed by atoms with Crippen molar-refractivity contribution in [3.05, 3.63) is 53.2 Å². The summed E-state index contributed by atoms with van der Waals surface area (Å²) in [7, 11) is 1.59. The van der Waals surface area contributed by atoms with Crippen LogP contribution in [0.3, 0.4) is 0 Å². The van der Waals surface area contributed by atoms with Crippen molar-refractivity contribution in [1.82, 2.24) is 24.6 Å². The molecule has 0 spiro atoms. The van der Waals surface area contributed by atoms with Gasteiger partial charge in [-0.2, -0.15) is 14.6 Å². The summed E-state index contributed by atoms with van der Waals surface area (Å²) < 4.78 is 6.97. The van der Waals surface area contributed by atoms with Crippen LogP contribution in [0.2, 0.25) is 0 Å². The molecule has 0 unspecified atom stereocenters. The van der Waals surface area contributed by atoms with Crippen LogP contribution in [-0.2, 0) is 0 Å². The van der Waals surface area contributed by atoms with Crippen molar-refractivity contribution >= 4 is 16.7 Å². The predicted octanol–water partition coefficient (Wildman–Crippen LogP) is 1.64. The molecular formula is C15H11N5O2. The average molecular weight is 293 g/mol. The van der Waals surface area contributed by atoms with Crippen LogP contribution in [0.4, 0.5) is 0 Å². The number of ether oxygens (including phenoxy) is 1. The molecular weight excluding hydrogens is 282 g/mol. The van der Waals surface area contributed by atoms with E-state index in [2.05, 4.69) is 20.1 Å². The van der Waals surface area contributed by atoms with Crippen molar-refractivity contribution in [2.45, 2.75) is 0 Å². The Bertz CT molecular complexity index is 1050. The molecule has 0 atom stereocenters. The van der Waals surface area contributed by atoms with Gasteiger partial charge in [0.1, 0.15) is 12.1 Å². The Hall–Kier alpha value is -3.22. The number of benzene rings is 1. The van der Waals surface area contributed by atoms with Crippen molar-refractivity contribution in [3.63, 3.8) is 0 Å². The van der Waals surface area contributed by atoms with Crippen LogP contribution in [0.25, 0.3) is 27.9 Å². The van der Waals surface area contributed by atoms with E-state index < -0.39 is 0 Å². The number of nitrogens with one attached hydrogen (secondary N) is 1. The van der Waals surface area contributed by atoms with Crippen LogP contribution in [0.15, 0.2) is 47.7 Å². The lowest BCUT2D eigenvalue weighted by atomic mass is 10.1. The van der Waals surface area contributed by atoms with E-state index in [1.54, 1.807) is 23.9 Å². The summed E-state index contributed by atoms with van der Waals surface area (Å²) in [5.41, 5.74) is 1.69. The first-order chi connectivity index (χ1) is 10.8. The number of methoxy groups -OCH3 is 1. The average Bonchev–Trinajstić information content (AvgIpc) is 3.01. The first-order valence-corrected chi connectivity index (χ1v) is 6.64. The van der Waals surface area contributed by atoms with Gasteiger partial charge in [0.25, 0.3) is 11.3 Å². The molecule has 1 aromatic carbocycles. The van der Waals surface area contributed by atoms with E-state index in [-0.39, 0.29) is 5.56 Å². The molecule has 7 heteroatoms. The second-order valence-corrected chi connectivity index (χ2v) is 4.70. The molecule has 7 nitrogen and oxygen atoms in total. The molecule has 0 amide bonds. The fourth-order valence-electron chi connectivity index (χ4n) is 2.56. The van der Waals surface area contributed by atoms with E-state index in [0.29, 0.717) is 28.1 Å². The quantitative estimate of drug-likeness (QED) is 0.607. The zero-order valence-electron chi connectivity index (χ0n) is 11.6. The third-order valence-electron chi connectivity index (χ3n) is 3.50. The number of nitrogens with zero attached hydrogens (tertiary/aromatic N) is 4. The van der Waals surface area contributed by atoms with Crippen molar-refractivity contribution in [3.8, 4) is 17.0 Å². The molecule has 0 radical (unpaired) electrons. The zero-order valence-corrected chi connectivity index (χ0v) is 11.6. The number of fused-ring (bicyclic) bond motifs is 2. The van der Waals surface area contributed by atoms with Gasteiger partial charge in [-0.05, 0) is 18.2 Å². The van der Waals surface area contributed by atoms with Crippen LogP contribution >= 0.6 is 0 Å². The minimum atomic E-state index is -0.233. The highest BCUT2D eigenvalue weighted by atomic mass is 16.5. The lowest BCUT2D eigenvalue weighted by Crippen LogP contribution is -2.11. The Kier molecular flexibility index (Phi) is 2.65. The van der Waals surface area contributed by atoms with Gasteiger partial charge < -0.3 is 9.72 Å². The Morgan fingerprint density at radius 3 is 2.95 bits per heavy atom. The monoisotopic (exact) mass is 293 g/mol. The van der Waals surface area contributed by atoms with Gasteiger partial charge >= 0.3 is 0 Å². The second kappa shape index (κ2) is 4.66. The smallest absolute Gasteiger partial charge is 0.259 e. The molecule has 0 saturated heterocycles. The maximum atomic E-state index is 12.3. The number of para-hydroxylation sites is 1. The van der Waals surface area contributed by atoms with E-state index in [1.807, 2.05) is 24.3 Å². The fourth-order valence-corrected chi connectivity index (χ4v) is 2.56. The van der Waals surface area contributed by atoms with E-state index in [4.69, 9.17) is 4.74 Å². The van der Waals surface area contributed by atoms with Gasteiger partial charge in [0, 0.05) is 11.8 Å². The standard InChI is InChI=1S/C15H11N5O2/c1-22-11-5-3-2-4-9(11)13-12-10(6-7-16-14(12)21)19-15-17-8-18-20(13)15/h2-8H,1H3,(H,16,21). The summed E-state index contributed by atoms with van der Waals surface area (Å²) >= 11 is 0. The SMILES string of the molecule is COc1ccccc1-c1c2c(=O)[nH]ccc2nc2ncnn12. The second-order valence-electron chi connectivity index (χ2n) is 4.70. The molecule has 4 aromatic rings. The fraction of sp³-hybridized carbons (Fsp3) is 0.0667. The van der Waals surface area contributed by atoms with E-state index in [9.17, 15) is 4.79 Å². The number of hydrogen-bond acceptors (Lipinski definition) is 5. The number of H-pyrrole nitrogens is 1. The van der Waals surface area contributed by atoms with Gasteiger partial charge in [0.05, 0.1) is 23.7 Å². The molecule has 22 heavy (non-hydrogen) atoms. The molecule has 108 valence electrons.